The molecule has 1 aromatic carbocycles. The van der Waals surface area contributed by atoms with Gasteiger partial charge in [-0.05, 0) is 31.4 Å². The summed E-state index contributed by atoms with van der Waals surface area (Å²) >= 11 is 0. The van der Waals surface area contributed by atoms with Gasteiger partial charge in [0, 0.05) is 31.4 Å². The van der Waals surface area contributed by atoms with E-state index in [1.54, 1.807) is 18.5 Å². The van der Waals surface area contributed by atoms with Crippen LogP contribution in [0, 0.1) is 12.8 Å². The number of hydrogen-bond donors (Lipinski definition) is 2. The number of aryl methyl sites for hydroxylation is 1. The van der Waals surface area contributed by atoms with Gasteiger partial charge in [-0.2, -0.15) is 0 Å². The van der Waals surface area contributed by atoms with Crippen molar-refractivity contribution in [1.82, 2.24) is 14.9 Å². The predicted molar refractivity (Wildman–Crippen MR) is 96.9 cm³/mol. The van der Waals surface area contributed by atoms with Gasteiger partial charge in [0.25, 0.3) is 0 Å². The Balaban J connectivity index is 1.70. The molecule has 1 amide bonds. The van der Waals surface area contributed by atoms with Gasteiger partial charge in [-0.3, -0.25) is 0 Å². The summed E-state index contributed by atoms with van der Waals surface area (Å²) in [6, 6.07) is 8.81. The summed E-state index contributed by atoms with van der Waals surface area (Å²) in [5, 5.41) is 12.5. The van der Waals surface area contributed by atoms with Crippen LogP contribution < -0.4 is 5.32 Å². The topological polar surface area (TPSA) is 78.4 Å². The van der Waals surface area contributed by atoms with Crippen LogP contribution in [0.3, 0.4) is 0 Å². The van der Waals surface area contributed by atoms with Crippen LogP contribution in [-0.2, 0) is 6.42 Å². The average Bonchev–Trinajstić information content (AvgIpc) is 2.64. The molecule has 1 saturated heterocycles. The zero-order valence-electron chi connectivity index (χ0n) is 14.7. The zero-order chi connectivity index (χ0) is 18.5. The Morgan fingerprint density at radius 1 is 1.31 bits per heavy atom. The average molecular weight is 358 g/mol. The minimum absolute atomic E-state index is 0.287. The van der Waals surface area contributed by atoms with E-state index in [1.807, 2.05) is 31.2 Å². The fourth-order valence-electron chi connectivity index (χ4n) is 3.37. The molecule has 1 aliphatic rings. The number of benzene rings is 1. The number of carbonyl (C=O) groups is 1. The molecule has 1 fully saturated rings. The molecule has 1 aromatic heterocycles. The summed E-state index contributed by atoms with van der Waals surface area (Å²) in [5.74, 6) is 0.167. The monoisotopic (exact) mass is 358 g/mol. The normalized spacial score (nSPS) is 22.8. The summed E-state index contributed by atoms with van der Waals surface area (Å²) in [5.41, 5.74) is 2.06. The molecule has 0 bridgehead atoms. The van der Waals surface area contributed by atoms with E-state index in [-0.39, 0.29) is 5.92 Å². The molecule has 2 heterocycles. The second kappa shape index (κ2) is 8.12. The molecule has 2 N–H and O–H groups in total. The Labute approximate surface area is 152 Å². The van der Waals surface area contributed by atoms with E-state index in [2.05, 4.69) is 15.3 Å². The molecule has 138 valence electrons. The number of rotatable bonds is 5. The van der Waals surface area contributed by atoms with E-state index in [4.69, 9.17) is 0 Å². The lowest BCUT2D eigenvalue weighted by Crippen LogP contribution is -2.54. The van der Waals surface area contributed by atoms with Crippen molar-refractivity contribution in [3.8, 4) is 0 Å². The van der Waals surface area contributed by atoms with Crippen molar-refractivity contribution in [3.05, 3.63) is 53.9 Å². The number of carboxylic acid groups (broad SMARTS) is 1. The number of alkyl halides is 1. The number of anilines is 1. The minimum Gasteiger partial charge on any atom is -0.465 e. The van der Waals surface area contributed by atoms with Gasteiger partial charge in [-0.1, -0.05) is 29.8 Å². The Bertz CT molecular complexity index is 726. The highest BCUT2D eigenvalue weighted by Crippen LogP contribution is 2.29. The van der Waals surface area contributed by atoms with E-state index in [0.29, 0.717) is 31.9 Å². The SMILES string of the molecule is Cc1ccc(CC2[C@H](F)[C@H](CNc3ncccn3)CCN2C(=O)O)cc1. The van der Waals surface area contributed by atoms with Gasteiger partial charge in [-0.15, -0.1) is 0 Å². The van der Waals surface area contributed by atoms with Crippen LogP contribution in [0.15, 0.2) is 42.7 Å². The largest absolute Gasteiger partial charge is 0.465 e. The fraction of sp³-hybridized carbons (Fsp3) is 0.421. The molecule has 1 unspecified atom stereocenters. The second-order valence-electron chi connectivity index (χ2n) is 6.68. The van der Waals surface area contributed by atoms with Crippen molar-refractivity contribution < 1.29 is 14.3 Å². The van der Waals surface area contributed by atoms with Gasteiger partial charge < -0.3 is 15.3 Å². The first kappa shape index (κ1) is 18.1. The molecule has 0 aliphatic carbocycles. The maximum absolute atomic E-state index is 15.2. The molecule has 2 aromatic rings. The highest BCUT2D eigenvalue weighted by molar-refractivity contribution is 5.65. The summed E-state index contributed by atoms with van der Waals surface area (Å²) in [6.07, 6.45) is 1.76. The minimum atomic E-state index is -1.25. The third-order valence-corrected chi connectivity index (χ3v) is 4.86. The molecule has 0 spiro atoms. The van der Waals surface area contributed by atoms with Gasteiger partial charge in [0.1, 0.15) is 6.17 Å². The molecule has 1 aliphatic heterocycles. The molecular formula is C19H23FN4O2. The maximum Gasteiger partial charge on any atom is 0.407 e. The first-order valence-electron chi connectivity index (χ1n) is 8.74. The van der Waals surface area contributed by atoms with Gasteiger partial charge in [-0.25, -0.2) is 19.2 Å². The van der Waals surface area contributed by atoms with E-state index in [1.165, 1.54) is 4.90 Å². The van der Waals surface area contributed by atoms with Gasteiger partial charge in [0.05, 0.1) is 6.04 Å². The maximum atomic E-state index is 15.2. The smallest absolute Gasteiger partial charge is 0.407 e. The molecular weight excluding hydrogens is 335 g/mol. The van der Waals surface area contributed by atoms with Gasteiger partial charge >= 0.3 is 6.09 Å². The number of piperidine rings is 1. The van der Waals surface area contributed by atoms with Crippen LogP contribution in [0.5, 0.6) is 0 Å². The number of likely N-dealkylation sites (tertiary alicyclic amines) is 1. The highest BCUT2D eigenvalue weighted by atomic mass is 19.1. The number of nitrogens with one attached hydrogen (secondary N) is 1. The van der Waals surface area contributed by atoms with Crippen LogP contribution in [0.4, 0.5) is 15.1 Å². The van der Waals surface area contributed by atoms with E-state index >= 15 is 4.39 Å². The summed E-state index contributed by atoms with van der Waals surface area (Å²) in [7, 11) is 0. The third kappa shape index (κ3) is 4.28. The van der Waals surface area contributed by atoms with Gasteiger partial charge in [0.2, 0.25) is 5.95 Å². The lowest BCUT2D eigenvalue weighted by molar-refractivity contribution is 0.0306. The summed E-state index contributed by atoms with van der Waals surface area (Å²) < 4.78 is 15.2. The quantitative estimate of drug-likeness (QED) is 0.858. The van der Waals surface area contributed by atoms with Crippen molar-refractivity contribution in [2.45, 2.75) is 32.0 Å². The van der Waals surface area contributed by atoms with Crippen molar-refractivity contribution in [3.63, 3.8) is 0 Å². The predicted octanol–water partition coefficient (Wildman–Crippen LogP) is 3.15. The Morgan fingerprint density at radius 3 is 2.65 bits per heavy atom. The number of hydrogen-bond acceptors (Lipinski definition) is 4. The van der Waals surface area contributed by atoms with Crippen LogP contribution in [0.1, 0.15) is 17.5 Å². The van der Waals surface area contributed by atoms with E-state index < -0.39 is 18.3 Å². The fourth-order valence-corrected chi connectivity index (χ4v) is 3.37. The summed E-state index contributed by atoms with van der Waals surface area (Å²) in [6.45, 7) is 2.69. The standard InChI is InChI=1S/C19H23FN4O2/c1-13-3-5-14(6-4-13)11-16-17(20)15(7-10-24(16)19(25)26)12-23-18-21-8-2-9-22-18/h2-6,8-9,15-17H,7,10-12H2,1H3,(H,25,26)(H,21,22,23)/t15-,16?,17+/m0/s1. The van der Waals surface area contributed by atoms with Crippen LogP contribution in [-0.4, -0.2) is 51.4 Å². The lowest BCUT2D eigenvalue weighted by atomic mass is 9.85. The Morgan fingerprint density at radius 2 is 2.00 bits per heavy atom. The lowest BCUT2D eigenvalue weighted by Gasteiger charge is -2.40. The van der Waals surface area contributed by atoms with E-state index in [9.17, 15) is 9.90 Å². The van der Waals surface area contributed by atoms with Gasteiger partial charge in [0.15, 0.2) is 0 Å². The Kier molecular flexibility index (Phi) is 5.65. The number of aromatic nitrogens is 2. The number of halogens is 1. The second-order valence-corrected chi connectivity index (χ2v) is 6.68. The first-order valence-corrected chi connectivity index (χ1v) is 8.74. The van der Waals surface area contributed by atoms with Crippen LogP contribution >= 0.6 is 0 Å². The van der Waals surface area contributed by atoms with Crippen LogP contribution in [0.25, 0.3) is 0 Å². The van der Waals surface area contributed by atoms with Crippen molar-refractivity contribution >= 4 is 12.0 Å². The van der Waals surface area contributed by atoms with Crippen molar-refractivity contribution in [2.24, 2.45) is 5.92 Å². The number of nitrogens with zero attached hydrogens (tertiary/aromatic N) is 3. The van der Waals surface area contributed by atoms with E-state index in [0.717, 1.165) is 11.1 Å². The van der Waals surface area contributed by atoms with Crippen molar-refractivity contribution in [2.75, 3.05) is 18.4 Å². The molecule has 6 nitrogen and oxygen atoms in total. The van der Waals surface area contributed by atoms with Crippen molar-refractivity contribution in [1.29, 1.82) is 0 Å². The molecule has 0 radical (unpaired) electrons. The molecule has 26 heavy (non-hydrogen) atoms. The highest BCUT2D eigenvalue weighted by Gasteiger charge is 2.40. The number of amides is 1. The zero-order valence-corrected chi connectivity index (χ0v) is 14.7. The molecule has 0 saturated carbocycles. The molecule has 3 rings (SSSR count). The first-order chi connectivity index (χ1) is 12.5. The Hall–Kier alpha value is -2.70. The molecule has 7 heteroatoms. The third-order valence-electron chi connectivity index (χ3n) is 4.86. The van der Waals surface area contributed by atoms with Crippen LogP contribution in [0.2, 0.25) is 0 Å². The summed E-state index contributed by atoms with van der Waals surface area (Å²) in [4.78, 5) is 21.0. The molecule has 3 atom stereocenters.